The van der Waals surface area contributed by atoms with Crippen LogP contribution in [0.5, 0.6) is 0 Å². The van der Waals surface area contributed by atoms with Crippen LogP contribution in [0.25, 0.3) is 0 Å². The molecule has 0 heterocycles. The van der Waals surface area contributed by atoms with Gasteiger partial charge >= 0.3 is 11.2 Å². The molecule has 0 spiro atoms. The summed E-state index contributed by atoms with van der Waals surface area (Å²) in [4.78, 5) is 7.87. The highest BCUT2D eigenvalue weighted by Crippen LogP contribution is 2.39. The van der Waals surface area contributed by atoms with E-state index < -0.39 is 44.4 Å². The molecule has 0 aliphatic rings. The lowest BCUT2D eigenvalue weighted by molar-refractivity contribution is -0.387. The highest BCUT2D eigenvalue weighted by molar-refractivity contribution is 8.00. The molecule has 0 bridgehead atoms. The second-order valence-corrected chi connectivity index (χ2v) is 3.62. The SMILES string of the molecule is O=[N+]([O-])c1ccc(SC(F)(F)F)c(F)c1F. The summed E-state index contributed by atoms with van der Waals surface area (Å²) in [5.74, 6) is -3.78. The average Bonchev–Trinajstić information content (AvgIpc) is 2.10. The van der Waals surface area contributed by atoms with Crippen molar-refractivity contribution >= 4 is 17.4 Å². The molecule has 1 aromatic carbocycles. The van der Waals surface area contributed by atoms with Gasteiger partial charge in [-0.1, -0.05) is 0 Å². The third-order valence-electron chi connectivity index (χ3n) is 1.45. The maximum absolute atomic E-state index is 13.0. The van der Waals surface area contributed by atoms with E-state index in [9.17, 15) is 32.1 Å². The maximum atomic E-state index is 13.0. The number of thioether (sulfide) groups is 1. The second-order valence-electron chi connectivity index (χ2n) is 2.52. The third-order valence-corrected chi connectivity index (χ3v) is 2.22. The van der Waals surface area contributed by atoms with Crippen molar-refractivity contribution in [3.63, 3.8) is 0 Å². The van der Waals surface area contributed by atoms with Crippen LogP contribution in [-0.4, -0.2) is 10.4 Å². The van der Waals surface area contributed by atoms with Gasteiger partial charge in [-0.2, -0.15) is 17.6 Å². The second kappa shape index (κ2) is 4.24. The first-order valence-electron chi connectivity index (χ1n) is 3.60. The molecule has 0 aromatic heterocycles. The molecule has 0 N–H and O–H groups in total. The Morgan fingerprint density at radius 3 is 2.19 bits per heavy atom. The largest absolute Gasteiger partial charge is 0.446 e. The van der Waals surface area contributed by atoms with Crippen molar-refractivity contribution in [2.45, 2.75) is 10.4 Å². The first-order chi connectivity index (χ1) is 7.22. The lowest BCUT2D eigenvalue weighted by Crippen LogP contribution is -2.03. The van der Waals surface area contributed by atoms with Gasteiger partial charge in [-0.05, 0) is 17.8 Å². The fourth-order valence-corrected chi connectivity index (χ4v) is 1.43. The fourth-order valence-electron chi connectivity index (χ4n) is 0.866. The van der Waals surface area contributed by atoms with E-state index in [0.29, 0.717) is 12.1 Å². The summed E-state index contributed by atoms with van der Waals surface area (Å²) in [6.07, 6.45) is 0. The Morgan fingerprint density at radius 2 is 1.75 bits per heavy atom. The summed E-state index contributed by atoms with van der Waals surface area (Å²) in [6.45, 7) is 0. The van der Waals surface area contributed by atoms with Crippen LogP contribution in [-0.2, 0) is 0 Å². The van der Waals surface area contributed by atoms with E-state index in [4.69, 9.17) is 0 Å². The molecule has 0 unspecified atom stereocenters. The molecule has 3 nitrogen and oxygen atoms in total. The van der Waals surface area contributed by atoms with Crippen molar-refractivity contribution in [2.24, 2.45) is 0 Å². The Bertz CT molecular complexity index is 434. The van der Waals surface area contributed by atoms with Crippen LogP contribution in [0.15, 0.2) is 17.0 Å². The van der Waals surface area contributed by atoms with Crippen molar-refractivity contribution in [3.8, 4) is 0 Å². The molecule has 9 heteroatoms. The zero-order chi connectivity index (χ0) is 12.5. The van der Waals surface area contributed by atoms with Crippen LogP contribution in [0.2, 0.25) is 0 Å². The smallest absolute Gasteiger partial charge is 0.258 e. The predicted octanol–water partition coefficient (Wildman–Crippen LogP) is 3.48. The molecule has 88 valence electrons. The first kappa shape index (κ1) is 12.7. The predicted molar refractivity (Wildman–Crippen MR) is 44.9 cm³/mol. The van der Waals surface area contributed by atoms with E-state index >= 15 is 0 Å². The minimum absolute atomic E-state index is 0.479. The van der Waals surface area contributed by atoms with Gasteiger partial charge in [-0.15, -0.1) is 0 Å². The normalized spacial score (nSPS) is 11.6. The van der Waals surface area contributed by atoms with E-state index in [0.717, 1.165) is 0 Å². The van der Waals surface area contributed by atoms with Crippen LogP contribution in [0.4, 0.5) is 27.6 Å². The lowest BCUT2D eigenvalue weighted by atomic mass is 10.3. The van der Waals surface area contributed by atoms with E-state index in [1.807, 2.05) is 0 Å². The Labute approximate surface area is 89.4 Å². The van der Waals surface area contributed by atoms with Crippen LogP contribution in [0.3, 0.4) is 0 Å². The molecule has 0 saturated heterocycles. The quantitative estimate of drug-likeness (QED) is 0.353. The molecule has 0 aliphatic carbocycles. The molecule has 0 fully saturated rings. The average molecular weight is 259 g/mol. The topological polar surface area (TPSA) is 43.1 Å². The van der Waals surface area contributed by atoms with E-state index in [-0.39, 0.29) is 0 Å². The molecule has 0 radical (unpaired) electrons. The Hall–Kier alpha value is -1.38. The number of benzene rings is 1. The molecule has 1 aromatic rings. The Kier molecular flexibility index (Phi) is 3.36. The molecular weight excluding hydrogens is 257 g/mol. The van der Waals surface area contributed by atoms with E-state index in [1.165, 1.54) is 0 Å². The number of halogens is 5. The van der Waals surface area contributed by atoms with Gasteiger partial charge in [0.15, 0.2) is 5.82 Å². The molecular formula is C7H2F5NO2S. The van der Waals surface area contributed by atoms with Gasteiger partial charge in [0.05, 0.1) is 9.82 Å². The van der Waals surface area contributed by atoms with Gasteiger partial charge in [0.1, 0.15) is 0 Å². The number of nitro benzene ring substituents is 1. The minimum atomic E-state index is -4.79. The van der Waals surface area contributed by atoms with Crippen LogP contribution in [0, 0.1) is 21.7 Å². The van der Waals surface area contributed by atoms with Crippen molar-refractivity contribution in [1.29, 1.82) is 0 Å². The van der Waals surface area contributed by atoms with Crippen molar-refractivity contribution in [3.05, 3.63) is 33.9 Å². The van der Waals surface area contributed by atoms with Crippen LogP contribution >= 0.6 is 11.8 Å². The molecule has 0 amide bonds. The molecule has 1 rings (SSSR count). The summed E-state index contributed by atoms with van der Waals surface area (Å²) in [5, 5.41) is 10.1. The minimum Gasteiger partial charge on any atom is -0.258 e. The summed E-state index contributed by atoms with van der Waals surface area (Å²) in [5.41, 5.74) is -5.99. The molecule has 0 atom stereocenters. The summed E-state index contributed by atoms with van der Waals surface area (Å²) in [7, 11) is 0. The lowest BCUT2D eigenvalue weighted by Gasteiger charge is -2.06. The zero-order valence-corrected chi connectivity index (χ0v) is 8.03. The Morgan fingerprint density at radius 1 is 1.19 bits per heavy atom. The first-order valence-corrected chi connectivity index (χ1v) is 4.42. The van der Waals surface area contributed by atoms with Gasteiger partial charge in [-0.3, -0.25) is 10.1 Å². The van der Waals surface area contributed by atoms with Gasteiger partial charge in [0.25, 0.3) is 0 Å². The summed E-state index contributed by atoms with van der Waals surface area (Å²) >= 11 is -0.876. The molecule has 0 saturated carbocycles. The molecule has 0 aliphatic heterocycles. The number of nitrogens with zero attached hydrogens (tertiary/aromatic N) is 1. The van der Waals surface area contributed by atoms with Crippen LogP contribution < -0.4 is 0 Å². The van der Waals surface area contributed by atoms with Crippen molar-refractivity contribution in [1.82, 2.24) is 0 Å². The highest BCUT2D eigenvalue weighted by Gasteiger charge is 2.33. The number of nitro groups is 1. The van der Waals surface area contributed by atoms with Gasteiger partial charge in [0, 0.05) is 6.07 Å². The van der Waals surface area contributed by atoms with Crippen LogP contribution in [0.1, 0.15) is 0 Å². The molecule has 16 heavy (non-hydrogen) atoms. The monoisotopic (exact) mass is 259 g/mol. The highest BCUT2D eigenvalue weighted by atomic mass is 32.2. The number of rotatable bonds is 2. The Balaban J connectivity index is 3.17. The summed E-state index contributed by atoms with van der Waals surface area (Å²) in [6, 6.07) is 0.987. The summed E-state index contributed by atoms with van der Waals surface area (Å²) < 4.78 is 61.4. The number of hydrogen-bond donors (Lipinski definition) is 0. The zero-order valence-electron chi connectivity index (χ0n) is 7.22. The van der Waals surface area contributed by atoms with E-state index in [1.54, 1.807) is 0 Å². The van der Waals surface area contributed by atoms with Gasteiger partial charge in [0.2, 0.25) is 5.82 Å². The van der Waals surface area contributed by atoms with Gasteiger partial charge < -0.3 is 0 Å². The third kappa shape index (κ3) is 2.81. The fraction of sp³-hybridized carbons (Fsp3) is 0.143. The van der Waals surface area contributed by atoms with Crippen molar-refractivity contribution < 1.29 is 26.9 Å². The van der Waals surface area contributed by atoms with E-state index in [2.05, 4.69) is 0 Å². The maximum Gasteiger partial charge on any atom is 0.446 e. The van der Waals surface area contributed by atoms with Gasteiger partial charge in [-0.25, -0.2) is 4.39 Å². The number of hydrogen-bond acceptors (Lipinski definition) is 3. The standard InChI is InChI=1S/C7H2F5NO2S/c8-5-3(13(14)15)1-2-4(6(5)9)16-7(10,11)12/h1-2H. The number of alkyl halides is 3. The van der Waals surface area contributed by atoms with Crippen molar-refractivity contribution in [2.75, 3.05) is 0 Å².